The van der Waals surface area contributed by atoms with E-state index in [1.165, 1.54) is 57.6 Å². The molecule has 2 nitrogen and oxygen atoms in total. The Morgan fingerprint density at radius 1 is 0.328 bits per heavy atom. The predicted molar refractivity (Wildman–Crippen MR) is 276 cm³/mol. The lowest BCUT2D eigenvalue weighted by molar-refractivity contribution is 0.669. The lowest BCUT2D eigenvalue weighted by Gasteiger charge is -2.35. The summed E-state index contributed by atoms with van der Waals surface area (Å²) in [6.07, 6.45) is 0. The van der Waals surface area contributed by atoms with E-state index in [0.717, 1.165) is 44.6 Å². The molecule has 2 heterocycles. The molecule has 0 saturated carbocycles. The van der Waals surface area contributed by atoms with E-state index in [1.54, 1.807) is 0 Å². The van der Waals surface area contributed by atoms with Crippen LogP contribution in [0, 0.1) is 0 Å². The molecule has 2 aromatic heterocycles. The minimum atomic E-state index is -2.74. The topological polar surface area (TPSA) is 16.4 Å². The molecule has 0 atom stereocenters. The smallest absolute Gasteiger partial charge is 0.179 e. The Kier molecular flexibility index (Phi) is 9.40. The molecular formula is C60H41NOSSi. The minimum Gasteiger partial charge on any atom is -0.456 e. The lowest BCUT2D eigenvalue weighted by Crippen LogP contribution is -2.74. The molecule has 0 bridgehead atoms. The number of rotatable bonds is 9. The molecule has 0 fully saturated rings. The van der Waals surface area contributed by atoms with Crippen LogP contribution in [0.1, 0.15) is 0 Å². The van der Waals surface area contributed by atoms with Gasteiger partial charge in [-0.3, -0.25) is 0 Å². The molecule has 0 aliphatic carbocycles. The standard InChI is InChI=1S/C60H41NOSSi/c1-6-18-42(19-7-1)44-32-38-52-53-39-35-46(41-58(53)62-57(52)40-44)61(56-31-17-30-55-54-29-16-28-51(59(54)63-60(55)56)43-20-8-2-9-21-43)45-33-36-50(37-34-45)64(47-22-10-3-11-23-47,48-24-12-4-13-25-48)49-26-14-5-15-27-49/h1-41H. The quantitative estimate of drug-likeness (QED) is 0.106. The first kappa shape index (κ1) is 38.0. The molecule has 64 heavy (non-hydrogen) atoms. The monoisotopic (exact) mass is 851 g/mol. The van der Waals surface area contributed by atoms with E-state index in [9.17, 15) is 0 Å². The van der Waals surface area contributed by atoms with Gasteiger partial charge < -0.3 is 9.32 Å². The number of fused-ring (bicyclic) bond motifs is 6. The van der Waals surface area contributed by atoms with Crippen molar-refractivity contribution in [3.8, 4) is 22.3 Å². The summed E-state index contributed by atoms with van der Waals surface area (Å²) in [6.45, 7) is 0. The van der Waals surface area contributed by atoms with E-state index in [1.807, 2.05) is 11.3 Å². The Balaban J connectivity index is 1.07. The van der Waals surface area contributed by atoms with Crippen LogP contribution in [0.3, 0.4) is 0 Å². The van der Waals surface area contributed by atoms with Crippen LogP contribution in [0.5, 0.6) is 0 Å². The highest BCUT2D eigenvalue weighted by molar-refractivity contribution is 7.27. The summed E-state index contributed by atoms with van der Waals surface area (Å²) in [5.74, 6) is 0. The van der Waals surface area contributed by atoms with Gasteiger partial charge in [0.15, 0.2) is 8.07 Å². The zero-order valence-electron chi connectivity index (χ0n) is 34.9. The maximum Gasteiger partial charge on any atom is 0.179 e. The van der Waals surface area contributed by atoms with Gasteiger partial charge in [0, 0.05) is 43.7 Å². The van der Waals surface area contributed by atoms with Gasteiger partial charge in [0.1, 0.15) is 11.2 Å². The average molecular weight is 852 g/mol. The maximum atomic E-state index is 6.77. The molecule has 302 valence electrons. The van der Waals surface area contributed by atoms with Crippen molar-refractivity contribution in [2.24, 2.45) is 0 Å². The SMILES string of the molecule is c1ccc(-c2ccc3c(c2)oc2cc(N(c4ccc([Si](c5ccccc5)(c5ccccc5)c5ccccc5)cc4)c4cccc5c4sc4c(-c6ccccc6)cccc45)ccc23)cc1. The largest absolute Gasteiger partial charge is 0.456 e. The number of benzene rings is 10. The Bertz CT molecular complexity index is 3490. The average Bonchev–Trinajstić information content (AvgIpc) is 3.95. The Morgan fingerprint density at radius 3 is 1.42 bits per heavy atom. The van der Waals surface area contributed by atoms with Gasteiger partial charge in [-0.25, -0.2) is 0 Å². The lowest BCUT2D eigenvalue weighted by atomic mass is 10.0. The van der Waals surface area contributed by atoms with Gasteiger partial charge in [0.05, 0.1) is 10.4 Å². The van der Waals surface area contributed by atoms with Crippen LogP contribution >= 0.6 is 11.3 Å². The molecule has 0 aliphatic rings. The Morgan fingerprint density at radius 2 is 0.812 bits per heavy atom. The molecule has 12 aromatic rings. The molecule has 0 unspecified atom stereocenters. The third-order valence-corrected chi connectivity index (χ3v) is 18.9. The van der Waals surface area contributed by atoms with Gasteiger partial charge >= 0.3 is 0 Å². The first-order valence-electron chi connectivity index (χ1n) is 21.8. The van der Waals surface area contributed by atoms with Crippen molar-refractivity contribution in [2.45, 2.75) is 0 Å². The Labute approximate surface area is 377 Å². The fourth-order valence-electron chi connectivity index (χ4n) is 9.89. The van der Waals surface area contributed by atoms with Gasteiger partial charge in [-0.15, -0.1) is 11.3 Å². The normalized spacial score (nSPS) is 11.8. The van der Waals surface area contributed by atoms with Crippen molar-refractivity contribution < 1.29 is 4.42 Å². The van der Waals surface area contributed by atoms with E-state index < -0.39 is 8.07 Å². The van der Waals surface area contributed by atoms with E-state index in [0.29, 0.717) is 0 Å². The van der Waals surface area contributed by atoms with Crippen LogP contribution in [-0.4, -0.2) is 8.07 Å². The van der Waals surface area contributed by atoms with Crippen LogP contribution in [0.4, 0.5) is 17.1 Å². The number of thiophene rings is 1. The summed E-state index contributed by atoms with van der Waals surface area (Å²) < 4.78 is 9.30. The molecule has 0 amide bonds. The highest BCUT2D eigenvalue weighted by Crippen LogP contribution is 2.47. The fourth-order valence-corrected chi connectivity index (χ4v) is 16.0. The summed E-state index contributed by atoms with van der Waals surface area (Å²) in [5.41, 5.74) is 9.78. The zero-order valence-corrected chi connectivity index (χ0v) is 36.8. The Hall–Kier alpha value is -7.76. The van der Waals surface area contributed by atoms with Gasteiger partial charge in [0.25, 0.3) is 0 Å². The molecule has 4 heteroatoms. The molecule has 0 spiro atoms. The number of anilines is 3. The van der Waals surface area contributed by atoms with Crippen LogP contribution in [0.25, 0.3) is 64.4 Å². The van der Waals surface area contributed by atoms with Crippen molar-refractivity contribution in [1.29, 1.82) is 0 Å². The molecule has 10 aromatic carbocycles. The number of hydrogen-bond acceptors (Lipinski definition) is 3. The molecule has 12 rings (SSSR count). The van der Waals surface area contributed by atoms with Crippen LogP contribution < -0.4 is 25.6 Å². The third-order valence-electron chi connectivity index (χ3n) is 12.8. The second-order valence-electron chi connectivity index (χ2n) is 16.4. The second kappa shape index (κ2) is 15.9. The van der Waals surface area contributed by atoms with E-state index in [2.05, 4.69) is 254 Å². The van der Waals surface area contributed by atoms with Crippen molar-refractivity contribution in [3.05, 3.63) is 249 Å². The molecular weight excluding hydrogens is 811 g/mol. The third kappa shape index (κ3) is 6.30. The number of furan rings is 1. The minimum absolute atomic E-state index is 0.859. The summed E-state index contributed by atoms with van der Waals surface area (Å²) in [5, 5.41) is 10.1. The van der Waals surface area contributed by atoms with Crippen LogP contribution in [0.2, 0.25) is 0 Å². The second-order valence-corrected chi connectivity index (χ2v) is 21.2. The summed E-state index contributed by atoms with van der Waals surface area (Å²) in [7, 11) is -2.74. The van der Waals surface area contributed by atoms with Crippen molar-refractivity contribution in [1.82, 2.24) is 0 Å². The van der Waals surface area contributed by atoms with Crippen molar-refractivity contribution >= 4 is 99.3 Å². The predicted octanol–water partition coefficient (Wildman–Crippen LogP) is 14.1. The van der Waals surface area contributed by atoms with Gasteiger partial charge in [-0.1, -0.05) is 200 Å². The van der Waals surface area contributed by atoms with Crippen molar-refractivity contribution in [3.63, 3.8) is 0 Å². The number of hydrogen-bond donors (Lipinski definition) is 0. The first-order chi connectivity index (χ1) is 31.7. The van der Waals surface area contributed by atoms with Gasteiger partial charge in [-0.05, 0) is 85.5 Å². The molecule has 0 aliphatic heterocycles. The van der Waals surface area contributed by atoms with E-state index >= 15 is 0 Å². The van der Waals surface area contributed by atoms with Gasteiger partial charge in [0.2, 0.25) is 0 Å². The van der Waals surface area contributed by atoms with Gasteiger partial charge in [-0.2, -0.15) is 0 Å². The van der Waals surface area contributed by atoms with E-state index in [-0.39, 0.29) is 0 Å². The van der Waals surface area contributed by atoms with E-state index in [4.69, 9.17) is 4.42 Å². The zero-order chi connectivity index (χ0) is 42.5. The summed E-state index contributed by atoms with van der Waals surface area (Å²) in [6, 6.07) is 90.9. The highest BCUT2D eigenvalue weighted by atomic mass is 32.1. The summed E-state index contributed by atoms with van der Waals surface area (Å²) >= 11 is 1.88. The highest BCUT2D eigenvalue weighted by Gasteiger charge is 2.41. The molecule has 0 saturated heterocycles. The van der Waals surface area contributed by atoms with Crippen LogP contribution in [-0.2, 0) is 0 Å². The van der Waals surface area contributed by atoms with Crippen LogP contribution in [0.15, 0.2) is 253 Å². The maximum absolute atomic E-state index is 6.77. The van der Waals surface area contributed by atoms with Crippen molar-refractivity contribution in [2.75, 3.05) is 4.90 Å². The molecule has 0 radical (unpaired) electrons. The summed E-state index contributed by atoms with van der Waals surface area (Å²) in [4.78, 5) is 2.43. The fraction of sp³-hybridized carbons (Fsp3) is 0. The first-order valence-corrected chi connectivity index (χ1v) is 24.6. The number of nitrogens with zero attached hydrogens (tertiary/aromatic N) is 1. The molecule has 0 N–H and O–H groups in total.